The van der Waals surface area contributed by atoms with Crippen molar-refractivity contribution in [3.05, 3.63) is 41.5 Å². The van der Waals surface area contributed by atoms with Gasteiger partial charge in [-0.1, -0.05) is 17.8 Å². The molecular formula is C17H20N2O2S. The summed E-state index contributed by atoms with van der Waals surface area (Å²) in [5.74, 6) is 0.259. The van der Waals surface area contributed by atoms with Crippen molar-refractivity contribution in [1.82, 2.24) is 4.90 Å². The number of phenols is 2. The van der Waals surface area contributed by atoms with E-state index in [1.807, 2.05) is 6.07 Å². The minimum atomic E-state index is 0.110. The van der Waals surface area contributed by atoms with Crippen LogP contribution in [0.4, 0.5) is 5.69 Å². The van der Waals surface area contributed by atoms with E-state index in [2.05, 4.69) is 36.4 Å². The van der Waals surface area contributed by atoms with Crippen LogP contribution < -0.4 is 5.32 Å². The number of fused-ring (bicyclic) bond motifs is 2. The van der Waals surface area contributed by atoms with Gasteiger partial charge < -0.3 is 20.4 Å². The monoisotopic (exact) mass is 316 g/mol. The number of hydrogen-bond donors (Lipinski definition) is 3. The zero-order chi connectivity index (χ0) is 15.7. The fourth-order valence-corrected chi connectivity index (χ4v) is 3.73. The molecule has 0 spiro atoms. The van der Waals surface area contributed by atoms with Gasteiger partial charge in [-0.05, 0) is 43.4 Å². The maximum Gasteiger partial charge on any atom is 0.133 e. The molecule has 1 heterocycles. The number of nitrogens with one attached hydrogen (secondary N) is 1. The second-order valence-electron chi connectivity index (χ2n) is 5.74. The zero-order valence-electron chi connectivity index (χ0n) is 12.8. The van der Waals surface area contributed by atoms with Crippen LogP contribution in [0.25, 0.3) is 0 Å². The number of benzene rings is 2. The molecular weight excluding hydrogens is 296 g/mol. The van der Waals surface area contributed by atoms with Crippen molar-refractivity contribution in [2.24, 2.45) is 0 Å². The Hall–Kier alpha value is -1.85. The molecule has 0 bridgehead atoms. The number of nitrogens with zero attached hydrogens (tertiary/aromatic N) is 1. The number of aromatic hydroxyl groups is 2. The molecule has 0 amide bonds. The smallest absolute Gasteiger partial charge is 0.133 e. The first-order chi connectivity index (χ1) is 10.5. The van der Waals surface area contributed by atoms with Gasteiger partial charge in [0.1, 0.15) is 11.5 Å². The lowest BCUT2D eigenvalue weighted by molar-refractivity contribution is 0.425. The Morgan fingerprint density at radius 3 is 2.82 bits per heavy atom. The molecule has 1 aliphatic rings. The first-order valence-corrected chi connectivity index (χ1v) is 8.09. The average molecular weight is 316 g/mol. The highest BCUT2D eigenvalue weighted by atomic mass is 32.2. The molecule has 3 N–H and O–H groups in total. The predicted molar refractivity (Wildman–Crippen MR) is 90.2 cm³/mol. The van der Waals surface area contributed by atoms with E-state index >= 15 is 0 Å². The summed E-state index contributed by atoms with van der Waals surface area (Å²) in [7, 11) is 4.11. The van der Waals surface area contributed by atoms with E-state index in [-0.39, 0.29) is 11.5 Å². The van der Waals surface area contributed by atoms with Gasteiger partial charge in [-0.3, -0.25) is 0 Å². The van der Waals surface area contributed by atoms with Gasteiger partial charge in [0, 0.05) is 36.2 Å². The van der Waals surface area contributed by atoms with Gasteiger partial charge in [0.2, 0.25) is 0 Å². The van der Waals surface area contributed by atoms with Crippen molar-refractivity contribution in [1.29, 1.82) is 0 Å². The van der Waals surface area contributed by atoms with Crippen LogP contribution in [-0.2, 0) is 6.42 Å². The second kappa shape index (κ2) is 6.10. The highest BCUT2D eigenvalue weighted by Crippen LogP contribution is 2.47. The number of anilines is 1. The second-order valence-corrected chi connectivity index (χ2v) is 6.80. The van der Waals surface area contributed by atoms with Crippen LogP contribution in [0.5, 0.6) is 11.5 Å². The Bertz CT molecular complexity index is 701. The molecule has 0 atom stereocenters. The van der Waals surface area contributed by atoms with Crippen LogP contribution in [0.1, 0.15) is 11.1 Å². The van der Waals surface area contributed by atoms with E-state index in [0.717, 1.165) is 34.1 Å². The summed E-state index contributed by atoms with van der Waals surface area (Å²) in [6, 6.07) is 9.33. The number of hydrogen-bond acceptors (Lipinski definition) is 5. The Kier molecular flexibility index (Phi) is 4.18. The maximum atomic E-state index is 10.0. The lowest BCUT2D eigenvalue weighted by Crippen LogP contribution is -2.21. The van der Waals surface area contributed by atoms with E-state index in [1.165, 1.54) is 11.6 Å². The number of phenolic OH excluding ortho intramolecular Hbond substituents is 2. The van der Waals surface area contributed by atoms with E-state index < -0.39 is 0 Å². The molecule has 2 aromatic carbocycles. The van der Waals surface area contributed by atoms with Crippen LogP contribution in [0.2, 0.25) is 0 Å². The van der Waals surface area contributed by atoms with E-state index in [0.29, 0.717) is 6.42 Å². The first kappa shape index (κ1) is 15.1. The Morgan fingerprint density at radius 2 is 2.05 bits per heavy atom. The van der Waals surface area contributed by atoms with Gasteiger partial charge in [-0.15, -0.1) is 0 Å². The predicted octanol–water partition coefficient (Wildman–Crippen LogP) is 3.13. The minimum Gasteiger partial charge on any atom is -0.508 e. The van der Waals surface area contributed by atoms with Gasteiger partial charge in [0.25, 0.3) is 0 Å². The van der Waals surface area contributed by atoms with Crippen LogP contribution in [0.3, 0.4) is 0 Å². The van der Waals surface area contributed by atoms with Gasteiger partial charge in [0.05, 0.1) is 4.90 Å². The summed E-state index contributed by atoms with van der Waals surface area (Å²) in [5.41, 5.74) is 3.32. The first-order valence-electron chi connectivity index (χ1n) is 7.28. The molecule has 0 fully saturated rings. The van der Waals surface area contributed by atoms with E-state index in [1.54, 1.807) is 17.8 Å². The molecule has 3 rings (SSSR count). The summed E-state index contributed by atoms with van der Waals surface area (Å²) < 4.78 is 0. The summed E-state index contributed by atoms with van der Waals surface area (Å²) in [4.78, 5) is 4.14. The van der Waals surface area contributed by atoms with Crippen LogP contribution in [0, 0.1) is 0 Å². The van der Waals surface area contributed by atoms with Crippen molar-refractivity contribution >= 4 is 17.4 Å². The van der Waals surface area contributed by atoms with E-state index in [4.69, 9.17) is 0 Å². The molecule has 0 unspecified atom stereocenters. The lowest BCUT2D eigenvalue weighted by atomic mass is 10.0. The molecule has 0 saturated heterocycles. The van der Waals surface area contributed by atoms with Crippen LogP contribution >= 0.6 is 11.8 Å². The Morgan fingerprint density at radius 1 is 1.23 bits per heavy atom. The summed E-state index contributed by atoms with van der Waals surface area (Å²) in [6.07, 6.45) is 0.713. The molecule has 22 heavy (non-hydrogen) atoms. The van der Waals surface area contributed by atoms with Gasteiger partial charge in [-0.2, -0.15) is 0 Å². The number of likely N-dealkylation sites (N-methyl/N-ethyl adjacent to an activating group) is 1. The largest absolute Gasteiger partial charge is 0.508 e. The topological polar surface area (TPSA) is 55.7 Å². The molecule has 116 valence electrons. The molecule has 4 nitrogen and oxygen atoms in total. The van der Waals surface area contributed by atoms with Crippen molar-refractivity contribution in [2.75, 3.05) is 32.5 Å². The van der Waals surface area contributed by atoms with Crippen molar-refractivity contribution in [3.63, 3.8) is 0 Å². The van der Waals surface area contributed by atoms with Gasteiger partial charge in [0.15, 0.2) is 0 Å². The Balaban J connectivity index is 1.89. The van der Waals surface area contributed by atoms with E-state index in [9.17, 15) is 10.2 Å². The highest BCUT2D eigenvalue weighted by molar-refractivity contribution is 7.99. The zero-order valence-corrected chi connectivity index (χ0v) is 13.6. The average Bonchev–Trinajstić information content (AvgIpc) is 2.45. The minimum absolute atomic E-state index is 0.110. The highest BCUT2D eigenvalue weighted by Gasteiger charge is 2.22. The molecule has 5 heteroatoms. The molecule has 0 aliphatic carbocycles. The molecule has 2 aromatic rings. The fourth-order valence-electron chi connectivity index (χ4n) is 2.63. The third-order valence-corrected chi connectivity index (χ3v) is 5.00. The molecule has 1 aliphatic heterocycles. The standard InChI is InChI=1S/C17H20N2O2S/c1-19(2)7-6-18-14-4-3-5-16-13(14)9-11-8-12(20)10-15(21)17(11)22-16/h3-5,8,10,18,20-21H,6-7,9H2,1-2H3. The van der Waals surface area contributed by atoms with Crippen molar-refractivity contribution < 1.29 is 10.2 Å². The molecule has 0 radical (unpaired) electrons. The third kappa shape index (κ3) is 3.00. The third-order valence-electron chi connectivity index (χ3n) is 3.72. The summed E-state index contributed by atoms with van der Waals surface area (Å²) >= 11 is 1.56. The van der Waals surface area contributed by atoms with Crippen LogP contribution in [-0.4, -0.2) is 42.3 Å². The SMILES string of the molecule is CN(C)CCNc1cccc2c1Cc1cc(O)cc(O)c1S2. The maximum absolute atomic E-state index is 10.0. The van der Waals surface area contributed by atoms with Crippen molar-refractivity contribution in [2.45, 2.75) is 16.2 Å². The number of rotatable bonds is 4. The van der Waals surface area contributed by atoms with Gasteiger partial charge >= 0.3 is 0 Å². The quantitative estimate of drug-likeness (QED) is 0.690. The van der Waals surface area contributed by atoms with Gasteiger partial charge in [-0.25, -0.2) is 0 Å². The molecule has 0 saturated carbocycles. The summed E-state index contributed by atoms with van der Waals surface area (Å²) in [5, 5.41) is 23.2. The summed E-state index contributed by atoms with van der Waals surface area (Å²) in [6.45, 7) is 1.85. The lowest BCUT2D eigenvalue weighted by Gasteiger charge is -2.23. The normalized spacial score (nSPS) is 12.9. The molecule has 0 aromatic heterocycles. The Labute approximate surface area is 134 Å². The van der Waals surface area contributed by atoms with Crippen LogP contribution in [0.15, 0.2) is 40.1 Å². The van der Waals surface area contributed by atoms with Crippen molar-refractivity contribution in [3.8, 4) is 11.5 Å². The fraction of sp³-hybridized carbons (Fsp3) is 0.294.